The molecule has 1 amide bonds. The fourth-order valence-electron chi connectivity index (χ4n) is 4.23. The van der Waals surface area contributed by atoms with E-state index in [-0.39, 0.29) is 17.5 Å². The van der Waals surface area contributed by atoms with E-state index in [9.17, 15) is 9.59 Å². The van der Waals surface area contributed by atoms with Crippen LogP contribution in [0.15, 0.2) is 53.1 Å². The van der Waals surface area contributed by atoms with Crippen LogP contribution in [0.3, 0.4) is 0 Å². The number of carboxylic acid groups (broad SMARTS) is 1. The van der Waals surface area contributed by atoms with Crippen LogP contribution in [0.5, 0.6) is 5.75 Å². The number of carbonyl (C=O) groups is 2. The Morgan fingerprint density at radius 3 is 2.59 bits per heavy atom. The van der Waals surface area contributed by atoms with Crippen LogP contribution >= 0.6 is 0 Å². The molecule has 3 aromatic rings. The number of anilines is 1. The van der Waals surface area contributed by atoms with E-state index in [1.54, 1.807) is 25.3 Å². The Hall–Kier alpha value is -3.61. The molecule has 0 bridgehead atoms. The molecule has 1 fully saturated rings. The summed E-state index contributed by atoms with van der Waals surface area (Å²) in [6, 6.07) is 15.0. The molecule has 2 N–H and O–H groups in total. The predicted molar refractivity (Wildman–Crippen MR) is 120 cm³/mol. The zero-order valence-electron chi connectivity index (χ0n) is 18.1. The molecule has 0 saturated heterocycles. The van der Waals surface area contributed by atoms with Gasteiger partial charge < -0.3 is 19.7 Å². The summed E-state index contributed by atoms with van der Waals surface area (Å²) < 4.78 is 10.6. The third kappa shape index (κ3) is 4.82. The lowest BCUT2D eigenvalue weighted by Gasteiger charge is -2.09. The number of methoxy groups -OCH3 is 1. The maximum absolute atomic E-state index is 12.6. The first kappa shape index (κ1) is 21.6. The first-order valence-corrected chi connectivity index (χ1v) is 10.7. The van der Waals surface area contributed by atoms with Crippen LogP contribution in [-0.4, -0.2) is 29.2 Å². The predicted octanol–water partition coefficient (Wildman–Crippen LogP) is 4.95. The minimum Gasteiger partial charge on any atom is -0.497 e. The Morgan fingerprint density at radius 2 is 1.94 bits per heavy atom. The third-order valence-corrected chi connectivity index (χ3v) is 6.08. The van der Waals surface area contributed by atoms with E-state index in [0.29, 0.717) is 17.4 Å². The summed E-state index contributed by atoms with van der Waals surface area (Å²) in [5.41, 5.74) is 3.76. The van der Waals surface area contributed by atoms with Crippen LogP contribution in [0.2, 0.25) is 0 Å². The van der Waals surface area contributed by atoms with E-state index < -0.39 is 5.97 Å². The van der Waals surface area contributed by atoms with E-state index in [1.165, 1.54) is 0 Å². The summed E-state index contributed by atoms with van der Waals surface area (Å²) in [5, 5.41) is 15.9. The summed E-state index contributed by atoms with van der Waals surface area (Å²) in [7, 11) is 1.60. The molecule has 2 atom stereocenters. The lowest BCUT2D eigenvalue weighted by molar-refractivity contribution is -0.141. The van der Waals surface area contributed by atoms with E-state index in [1.807, 2.05) is 37.3 Å². The van der Waals surface area contributed by atoms with Gasteiger partial charge in [-0.1, -0.05) is 29.4 Å². The molecular formula is C25H26N2O5. The van der Waals surface area contributed by atoms with E-state index in [0.717, 1.165) is 48.1 Å². The van der Waals surface area contributed by atoms with Crippen molar-refractivity contribution >= 4 is 17.6 Å². The van der Waals surface area contributed by atoms with Crippen molar-refractivity contribution in [2.24, 2.45) is 11.8 Å². The number of aliphatic carboxylic acids is 1. The van der Waals surface area contributed by atoms with Crippen LogP contribution in [0.4, 0.5) is 5.69 Å². The first-order valence-electron chi connectivity index (χ1n) is 10.7. The Morgan fingerprint density at radius 1 is 1.16 bits per heavy atom. The molecule has 1 aromatic heterocycles. The third-order valence-electron chi connectivity index (χ3n) is 6.08. The lowest BCUT2D eigenvalue weighted by atomic mass is 9.96. The average Bonchev–Trinajstić information content (AvgIpc) is 3.46. The van der Waals surface area contributed by atoms with Gasteiger partial charge in [-0.15, -0.1) is 0 Å². The van der Waals surface area contributed by atoms with Crippen LogP contribution in [0, 0.1) is 18.8 Å². The van der Waals surface area contributed by atoms with Crippen LogP contribution in [0.25, 0.3) is 11.3 Å². The van der Waals surface area contributed by atoms with Crippen molar-refractivity contribution in [1.29, 1.82) is 0 Å². The number of benzene rings is 2. The standard InChI is InChI=1S/C25H26N2O5/c1-15-11-20(31-2)9-10-21(15)26-24(28)22-14-23(32-27-22)18-6-3-16(4-7-18)12-17-5-8-19(13-17)25(29)30/h3-4,6-7,9-11,14,17,19H,5,8,12-13H2,1-2H3,(H,26,28)(H,29,30). The number of hydrogen-bond acceptors (Lipinski definition) is 5. The zero-order chi connectivity index (χ0) is 22.7. The Labute approximate surface area is 186 Å². The molecule has 1 saturated carbocycles. The second kappa shape index (κ2) is 9.26. The number of nitrogens with zero attached hydrogens (tertiary/aromatic N) is 1. The molecule has 2 aromatic carbocycles. The SMILES string of the molecule is COc1ccc(NC(=O)c2cc(-c3ccc(CC4CCC(C(=O)O)C4)cc3)on2)c(C)c1. The van der Waals surface area contributed by atoms with Crippen molar-refractivity contribution < 1.29 is 24.0 Å². The molecule has 7 heteroatoms. The van der Waals surface area contributed by atoms with Gasteiger partial charge in [-0.3, -0.25) is 9.59 Å². The van der Waals surface area contributed by atoms with Gasteiger partial charge in [0.2, 0.25) is 0 Å². The first-order chi connectivity index (χ1) is 15.4. The molecule has 1 aliphatic rings. The van der Waals surface area contributed by atoms with Gasteiger partial charge in [0.15, 0.2) is 11.5 Å². The number of hydrogen-bond donors (Lipinski definition) is 2. The molecule has 4 rings (SSSR count). The molecular weight excluding hydrogens is 408 g/mol. The van der Waals surface area contributed by atoms with Crippen LogP contribution in [0.1, 0.15) is 40.9 Å². The summed E-state index contributed by atoms with van der Waals surface area (Å²) >= 11 is 0. The van der Waals surface area contributed by atoms with Crippen molar-refractivity contribution in [3.8, 4) is 17.1 Å². The highest BCUT2D eigenvalue weighted by Gasteiger charge is 2.29. The van der Waals surface area contributed by atoms with Crippen molar-refractivity contribution in [2.45, 2.75) is 32.6 Å². The fraction of sp³-hybridized carbons (Fsp3) is 0.320. The number of ether oxygens (including phenoxy) is 1. The van der Waals surface area contributed by atoms with E-state index in [4.69, 9.17) is 14.4 Å². The van der Waals surface area contributed by atoms with Gasteiger partial charge >= 0.3 is 5.97 Å². The van der Waals surface area contributed by atoms with E-state index in [2.05, 4.69) is 10.5 Å². The maximum Gasteiger partial charge on any atom is 0.306 e. The lowest BCUT2D eigenvalue weighted by Crippen LogP contribution is -2.13. The average molecular weight is 434 g/mol. The number of aromatic nitrogens is 1. The molecule has 1 heterocycles. The van der Waals surface area contributed by atoms with Crippen molar-refractivity contribution in [2.75, 3.05) is 12.4 Å². The molecule has 1 aliphatic carbocycles. The molecule has 7 nitrogen and oxygen atoms in total. The Balaban J connectivity index is 1.39. The number of amides is 1. The number of carboxylic acids is 1. The Kier molecular flexibility index (Phi) is 6.25. The Bertz CT molecular complexity index is 1120. The van der Waals surface area contributed by atoms with Gasteiger partial charge in [0, 0.05) is 17.3 Å². The quantitative estimate of drug-likeness (QED) is 0.545. The number of rotatable bonds is 7. The van der Waals surface area contributed by atoms with Crippen LogP contribution in [-0.2, 0) is 11.2 Å². The molecule has 0 aliphatic heterocycles. The number of aryl methyl sites for hydroxylation is 1. The topological polar surface area (TPSA) is 102 Å². The minimum absolute atomic E-state index is 0.199. The van der Waals surface area contributed by atoms with Gasteiger partial charge in [0.25, 0.3) is 5.91 Å². The molecule has 2 unspecified atom stereocenters. The molecule has 0 radical (unpaired) electrons. The summed E-state index contributed by atoms with van der Waals surface area (Å²) in [5.74, 6) is 0.403. The zero-order valence-corrected chi connectivity index (χ0v) is 18.1. The summed E-state index contributed by atoms with van der Waals surface area (Å²) in [6.07, 6.45) is 3.32. The molecule has 166 valence electrons. The van der Waals surface area contributed by atoms with Gasteiger partial charge in [0.05, 0.1) is 13.0 Å². The number of nitrogens with one attached hydrogen (secondary N) is 1. The monoisotopic (exact) mass is 434 g/mol. The second-order valence-corrected chi connectivity index (χ2v) is 8.33. The highest BCUT2D eigenvalue weighted by molar-refractivity contribution is 6.03. The minimum atomic E-state index is -0.685. The largest absolute Gasteiger partial charge is 0.497 e. The van der Waals surface area contributed by atoms with Crippen molar-refractivity contribution in [3.63, 3.8) is 0 Å². The number of carbonyl (C=O) groups excluding carboxylic acids is 1. The second-order valence-electron chi connectivity index (χ2n) is 8.33. The highest BCUT2D eigenvalue weighted by atomic mass is 16.5. The van der Waals surface area contributed by atoms with Gasteiger partial charge in [-0.2, -0.15) is 0 Å². The van der Waals surface area contributed by atoms with Crippen LogP contribution < -0.4 is 10.1 Å². The van der Waals surface area contributed by atoms with Gasteiger partial charge in [-0.25, -0.2) is 0 Å². The van der Waals surface area contributed by atoms with Gasteiger partial charge in [0.1, 0.15) is 5.75 Å². The maximum atomic E-state index is 12.6. The smallest absolute Gasteiger partial charge is 0.306 e. The molecule has 32 heavy (non-hydrogen) atoms. The van der Waals surface area contributed by atoms with E-state index >= 15 is 0 Å². The highest BCUT2D eigenvalue weighted by Crippen LogP contribution is 2.33. The van der Waals surface area contributed by atoms with Crippen molar-refractivity contribution in [1.82, 2.24) is 5.16 Å². The normalized spacial score (nSPS) is 17.8. The van der Waals surface area contributed by atoms with Crippen molar-refractivity contribution in [3.05, 3.63) is 65.4 Å². The summed E-state index contributed by atoms with van der Waals surface area (Å²) in [6.45, 7) is 1.89. The van der Waals surface area contributed by atoms with Gasteiger partial charge in [-0.05, 0) is 67.9 Å². The summed E-state index contributed by atoms with van der Waals surface area (Å²) in [4.78, 5) is 23.7. The molecule has 0 spiro atoms. The fourth-order valence-corrected chi connectivity index (χ4v) is 4.23.